The molecule has 2 heterocycles. The third-order valence-corrected chi connectivity index (χ3v) is 4.94. The molecule has 0 radical (unpaired) electrons. The summed E-state index contributed by atoms with van der Waals surface area (Å²) in [5.74, 6) is -3.54. The monoisotopic (exact) mass is 417 g/mol. The van der Waals surface area contributed by atoms with Crippen LogP contribution in [0.15, 0.2) is 48.7 Å². The molecule has 29 heavy (non-hydrogen) atoms. The Kier molecular flexibility index (Phi) is 4.89. The SMILES string of the molecule is O=C(NCc1cc(F)cc(Cl)c1)O[C@]1(O)CCN(c2ccc3cc[nH]c3c2)C1=O. The zero-order chi connectivity index (χ0) is 20.6. The molecule has 1 aliphatic heterocycles. The Labute approximate surface area is 170 Å². The number of hydrogen-bond donors (Lipinski definition) is 3. The van der Waals surface area contributed by atoms with Crippen molar-refractivity contribution in [2.45, 2.75) is 18.8 Å². The van der Waals surface area contributed by atoms with Crippen LogP contribution in [0.1, 0.15) is 12.0 Å². The average Bonchev–Trinajstić information content (AvgIpc) is 3.24. The van der Waals surface area contributed by atoms with Gasteiger partial charge < -0.3 is 25.0 Å². The van der Waals surface area contributed by atoms with E-state index in [2.05, 4.69) is 10.3 Å². The Hall–Kier alpha value is -3.10. The number of amides is 2. The number of halogens is 2. The topological polar surface area (TPSA) is 94.7 Å². The molecule has 0 bridgehead atoms. The first-order chi connectivity index (χ1) is 13.8. The number of carbonyl (C=O) groups excluding carboxylic acids is 2. The largest absolute Gasteiger partial charge is 0.410 e. The normalized spacial score (nSPS) is 19.0. The van der Waals surface area contributed by atoms with Gasteiger partial charge >= 0.3 is 6.09 Å². The zero-order valence-corrected chi connectivity index (χ0v) is 15.9. The van der Waals surface area contributed by atoms with Crippen molar-refractivity contribution in [1.29, 1.82) is 0 Å². The van der Waals surface area contributed by atoms with Crippen LogP contribution in [-0.4, -0.2) is 34.4 Å². The second kappa shape index (κ2) is 7.38. The number of aliphatic hydroxyl groups is 1. The lowest BCUT2D eigenvalue weighted by molar-refractivity contribution is -0.175. The summed E-state index contributed by atoms with van der Waals surface area (Å²) in [7, 11) is 0. The third kappa shape index (κ3) is 3.90. The molecule has 1 fully saturated rings. The van der Waals surface area contributed by atoms with Crippen molar-refractivity contribution in [2.24, 2.45) is 0 Å². The van der Waals surface area contributed by atoms with E-state index in [9.17, 15) is 19.1 Å². The summed E-state index contributed by atoms with van der Waals surface area (Å²) >= 11 is 5.77. The van der Waals surface area contributed by atoms with E-state index in [0.29, 0.717) is 11.3 Å². The Morgan fingerprint density at radius 1 is 1.31 bits per heavy atom. The molecule has 7 nitrogen and oxygen atoms in total. The second-order valence-corrected chi connectivity index (χ2v) is 7.20. The molecule has 2 aromatic carbocycles. The smallest absolute Gasteiger partial charge is 0.407 e. The van der Waals surface area contributed by atoms with Crippen molar-refractivity contribution in [3.8, 4) is 0 Å². The lowest BCUT2D eigenvalue weighted by Gasteiger charge is -2.22. The molecule has 1 aliphatic rings. The predicted octanol–water partition coefficient (Wildman–Crippen LogP) is 3.31. The van der Waals surface area contributed by atoms with Gasteiger partial charge in [-0.15, -0.1) is 0 Å². The van der Waals surface area contributed by atoms with Crippen LogP contribution in [0.4, 0.5) is 14.9 Å². The molecule has 0 unspecified atom stereocenters. The van der Waals surface area contributed by atoms with Crippen LogP contribution in [0.3, 0.4) is 0 Å². The molecule has 150 valence electrons. The van der Waals surface area contributed by atoms with Gasteiger partial charge in [0.2, 0.25) is 0 Å². The number of aromatic amines is 1. The predicted molar refractivity (Wildman–Crippen MR) is 105 cm³/mol. The number of hydrogen-bond acceptors (Lipinski definition) is 4. The summed E-state index contributed by atoms with van der Waals surface area (Å²) in [6.07, 6.45) is 0.715. The third-order valence-electron chi connectivity index (χ3n) is 4.72. The molecule has 9 heteroatoms. The van der Waals surface area contributed by atoms with Gasteiger partial charge in [0, 0.05) is 41.9 Å². The number of fused-ring (bicyclic) bond motifs is 1. The summed E-state index contributed by atoms with van der Waals surface area (Å²) in [5, 5.41) is 14.1. The van der Waals surface area contributed by atoms with Crippen molar-refractivity contribution in [3.05, 3.63) is 65.1 Å². The number of ether oxygens (including phenoxy) is 1. The number of nitrogens with zero attached hydrogens (tertiary/aromatic N) is 1. The molecule has 4 rings (SSSR count). The minimum absolute atomic E-state index is 0.0756. The summed E-state index contributed by atoms with van der Waals surface area (Å²) in [5.41, 5.74) is 1.84. The quantitative estimate of drug-likeness (QED) is 0.567. The maximum absolute atomic E-state index is 13.4. The molecule has 2 amide bonds. The van der Waals surface area contributed by atoms with Crippen LogP contribution in [0.25, 0.3) is 10.9 Å². The molecule has 3 aromatic rings. The maximum Gasteiger partial charge on any atom is 0.410 e. The van der Waals surface area contributed by atoms with Gasteiger partial charge in [-0.1, -0.05) is 17.7 Å². The molecular formula is C20H17ClFN3O4. The lowest BCUT2D eigenvalue weighted by Crippen LogP contribution is -2.46. The number of alkyl carbamates (subject to hydrolysis) is 1. The number of nitrogens with one attached hydrogen (secondary N) is 2. The van der Waals surface area contributed by atoms with Gasteiger partial charge in [-0.25, -0.2) is 9.18 Å². The van der Waals surface area contributed by atoms with Crippen molar-refractivity contribution in [2.75, 3.05) is 11.4 Å². The fraction of sp³-hybridized carbons (Fsp3) is 0.200. The molecule has 1 aromatic heterocycles. The number of carbonyl (C=O) groups is 2. The first-order valence-corrected chi connectivity index (χ1v) is 9.25. The van der Waals surface area contributed by atoms with E-state index >= 15 is 0 Å². The Balaban J connectivity index is 1.41. The molecule has 0 saturated carbocycles. The number of rotatable bonds is 4. The highest BCUT2D eigenvalue weighted by molar-refractivity contribution is 6.30. The van der Waals surface area contributed by atoms with E-state index in [0.717, 1.165) is 17.0 Å². The van der Waals surface area contributed by atoms with E-state index in [1.807, 2.05) is 12.1 Å². The maximum atomic E-state index is 13.4. The minimum atomic E-state index is -2.27. The number of H-pyrrole nitrogens is 1. The van der Waals surface area contributed by atoms with Crippen LogP contribution in [-0.2, 0) is 16.1 Å². The van der Waals surface area contributed by atoms with E-state index in [1.54, 1.807) is 18.3 Å². The average molecular weight is 418 g/mol. The van der Waals surface area contributed by atoms with Crippen LogP contribution < -0.4 is 10.2 Å². The Bertz CT molecular complexity index is 1080. The first-order valence-electron chi connectivity index (χ1n) is 8.87. The van der Waals surface area contributed by atoms with Gasteiger partial charge in [-0.05, 0) is 47.3 Å². The second-order valence-electron chi connectivity index (χ2n) is 6.76. The number of aromatic nitrogens is 1. The van der Waals surface area contributed by atoms with Gasteiger partial charge in [0.05, 0.1) is 0 Å². The van der Waals surface area contributed by atoms with Crippen LogP contribution >= 0.6 is 11.6 Å². The van der Waals surface area contributed by atoms with E-state index in [4.69, 9.17) is 16.3 Å². The molecule has 0 aliphatic carbocycles. The molecule has 1 saturated heterocycles. The lowest BCUT2D eigenvalue weighted by atomic mass is 10.2. The fourth-order valence-electron chi connectivity index (χ4n) is 3.30. The standard InChI is InChI=1S/C20H17ClFN3O4/c21-14-7-12(8-15(22)9-14)11-24-19(27)29-20(28)4-6-25(18(20)26)16-2-1-13-3-5-23-17(13)10-16/h1-3,5,7-10,23,28H,4,6,11H2,(H,24,27)/t20-/m1/s1. The van der Waals surface area contributed by atoms with Crippen LogP contribution in [0, 0.1) is 5.82 Å². The highest BCUT2D eigenvalue weighted by Gasteiger charge is 2.49. The summed E-state index contributed by atoms with van der Waals surface area (Å²) < 4.78 is 18.3. The molecule has 3 N–H and O–H groups in total. The first kappa shape index (κ1) is 19.2. The fourth-order valence-corrected chi connectivity index (χ4v) is 3.55. The van der Waals surface area contributed by atoms with Gasteiger partial charge in [-0.3, -0.25) is 4.79 Å². The van der Waals surface area contributed by atoms with Crippen molar-refractivity contribution >= 4 is 40.2 Å². The summed E-state index contributed by atoms with van der Waals surface area (Å²) in [6.45, 7) is 0.113. The molecule has 1 atom stereocenters. The minimum Gasteiger partial charge on any atom is -0.407 e. The zero-order valence-electron chi connectivity index (χ0n) is 15.1. The van der Waals surface area contributed by atoms with Crippen LogP contribution in [0.5, 0.6) is 0 Å². The van der Waals surface area contributed by atoms with Gasteiger partial charge in [-0.2, -0.15) is 0 Å². The van der Waals surface area contributed by atoms with Crippen molar-refractivity contribution in [1.82, 2.24) is 10.3 Å². The van der Waals surface area contributed by atoms with E-state index in [-0.39, 0.29) is 24.5 Å². The van der Waals surface area contributed by atoms with Gasteiger partial charge in [0.1, 0.15) is 5.82 Å². The van der Waals surface area contributed by atoms with Crippen molar-refractivity contribution < 1.29 is 23.8 Å². The van der Waals surface area contributed by atoms with Crippen LogP contribution in [0.2, 0.25) is 5.02 Å². The molecular weight excluding hydrogens is 401 g/mol. The number of anilines is 1. The highest BCUT2D eigenvalue weighted by Crippen LogP contribution is 2.31. The van der Waals surface area contributed by atoms with E-state index < -0.39 is 23.6 Å². The summed E-state index contributed by atoms with van der Waals surface area (Å²) in [6, 6.07) is 11.1. The summed E-state index contributed by atoms with van der Waals surface area (Å²) in [4.78, 5) is 29.2. The Morgan fingerprint density at radius 2 is 2.14 bits per heavy atom. The number of benzene rings is 2. The Morgan fingerprint density at radius 3 is 2.93 bits per heavy atom. The van der Waals surface area contributed by atoms with Gasteiger partial charge in [0.15, 0.2) is 0 Å². The van der Waals surface area contributed by atoms with E-state index in [1.165, 1.54) is 17.0 Å². The van der Waals surface area contributed by atoms with Gasteiger partial charge in [0.25, 0.3) is 11.7 Å². The highest BCUT2D eigenvalue weighted by atomic mass is 35.5. The molecule has 0 spiro atoms. The van der Waals surface area contributed by atoms with Crippen molar-refractivity contribution in [3.63, 3.8) is 0 Å².